The van der Waals surface area contributed by atoms with E-state index < -0.39 is 12.1 Å². The summed E-state index contributed by atoms with van der Waals surface area (Å²) in [5, 5.41) is 0.303. The highest BCUT2D eigenvalue weighted by Gasteiger charge is 2.22. The number of halogens is 2. The minimum absolute atomic E-state index is 0.0161. The van der Waals surface area contributed by atoms with Gasteiger partial charge in [0.15, 0.2) is 12.6 Å². The molecule has 0 saturated carbocycles. The SMILES string of the molecule is O=Cc1ccc(OCc2c(F)cccc2Cl)cc1C1OCCO1. The molecule has 0 radical (unpaired) electrons. The quantitative estimate of drug-likeness (QED) is 0.776. The monoisotopic (exact) mass is 336 g/mol. The molecule has 0 aromatic heterocycles. The van der Waals surface area contributed by atoms with Crippen molar-refractivity contribution in [3.8, 4) is 5.75 Å². The van der Waals surface area contributed by atoms with E-state index in [0.717, 1.165) is 6.29 Å². The molecule has 0 bridgehead atoms. The van der Waals surface area contributed by atoms with E-state index >= 15 is 0 Å². The van der Waals surface area contributed by atoms with Gasteiger partial charge < -0.3 is 14.2 Å². The van der Waals surface area contributed by atoms with Gasteiger partial charge in [0.25, 0.3) is 0 Å². The summed E-state index contributed by atoms with van der Waals surface area (Å²) in [4.78, 5) is 11.1. The van der Waals surface area contributed by atoms with Crippen LogP contribution in [0, 0.1) is 5.82 Å². The first-order valence-corrected chi connectivity index (χ1v) is 7.45. The molecule has 2 aromatic rings. The van der Waals surface area contributed by atoms with E-state index in [9.17, 15) is 9.18 Å². The summed E-state index contributed by atoms with van der Waals surface area (Å²) in [5.41, 5.74) is 1.34. The molecule has 6 heteroatoms. The van der Waals surface area contributed by atoms with Crippen LogP contribution in [0.5, 0.6) is 5.75 Å². The molecule has 1 fully saturated rings. The fraction of sp³-hybridized carbons (Fsp3) is 0.235. The number of hydrogen-bond donors (Lipinski definition) is 0. The summed E-state index contributed by atoms with van der Waals surface area (Å²) in [6.45, 7) is 0.926. The largest absolute Gasteiger partial charge is 0.489 e. The molecule has 1 aliphatic rings. The number of ether oxygens (including phenoxy) is 3. The Labute approximate surface area is 137 Å². The van der Waals surface area contributed by atoms with Gasteiger partial charge in [0.2, 0.25) is 0 Å². The van der Waals surface area contributed by atoms with Crippen LogP contribution in [0.3, 0.4) is 0 Å². The van der Waals surface area contributed by atoms with Crippen molar-refractivity contribution < 1.29 is 23.4 Å². The highest BCUT2D eigenvalue weighted by Crippen LogP contribution is 2.30. The Morgan fingerprint density at radius 2 is 2.04 bits per heavy atom. The van der Waals surface area contributed by atoms with Crippen LogP contribution in [0.15, 0.2) is 36.4 Å². The van der Waals surface area contributed by atoms with Gasteiger partial charge in [-0.25, -0.2) is 4.39 Å². The molecule has 0 N–H and O–H groups in total. The number of benzene rings is 2. The van der Waals surface area contributed by atoms with E-state index in [1.807, 2.05) is 0 Å². The number of carbonyl (C=O) groups is 1. The van der Waals surface area contributed by atoms with Crippen molar-refractivity contribution in [2.45, 2.75) is 12.9 Å². The van der Waals surface area contributed by atoms with Crippen LogP contribution >= 0.6 is 11.6 Å². The zero-order chi connectivity index (χ0) is 16.2. The van der Waals surface area contributed by atoms with Crippen LogP contribution in [0.25, 0.3) is 0 Å². The predicted octanol–water partition coefficient (Wildman–Crippen LogP) is 3.92. The lowest BCUT2D eigenvalue weighted by atomic mass is 10.1. The molecule has 4 nitrogen and oxygen atoms in total. The zero-order valence-corrected chi connectivity index (χ0v) is 12.9. The Balaban J connectivity index is 1.80. The van der Waals surface area contributed by atoms with Gasteiger partial charge in [-0.15, -0.1) is 0 Å². The maximum absolute atomic E-state index is 13.7. The molecule has 0 aliphatic carbocycles. The fourth-order valence-corrected chi connectivity index (χ4v) is 2.54. The Morgan fingerprint density at radius 3 is 2.74 bits per heavy atom. The van der Waals surface area contributed by atoms with E-state index in [1.165, 1.54) is 12.1 Å². The van der Waals surface area contributed by atoms with Gasteiger partial charge in [-0.05, 0) is 30.3 Å². The molecule has 23 heavy (non-hydrogen) atoms. The second kappa shape index (κ2) is 7.08. The van der Waals surface area contributed by atoms with Crippen molar-refractivity contribution in [1.29, 1.82) is 0 Å². The molecular weight excluding hydrogens is 323 g/mol. The van der Waals surface area contributed by atoms with Crippen LogP contribution in [-0.4, -0.2) is 19.5 Å². The summed E-state index contributed by atoms with van der Waals surface area (Å²) in [6.07, 6.45) is 0.147. The van der Waals surface area contributed by atoms with Crippen LogP contribution in [0.1, 0.15) is 27.8 Å². The normalized spacial score (nSPS) is 14.9. The first-order valence-electron chi connectivity index (χ1n) is 7.07. The highest BCUT2D eigenvalue weighted by molar-refractivity contribution is 6.31. The average molecular weight is 337 g/mol. The van der Waals surface area contributed by atoms with E-state index in [0.29, 0.717) is 35.1 Å². The number of carbonyl (C=O) groups excluding carboxylic acids is 1. The molecule has 0 amide bonds. The van der Waals surface area contributed by atoms with Crippen molar-refractivity contribution in [1.82, 2.24) is 0 Å². The number of rotatable bonds is 5. The molecule has 2 aromatic carbocycles. The third-order valence-electron chi connectivity index (χ3n) is 3.51. The third-order valence-corrected chi connectivity index (χ3v) is 3.86. The molecule has 1 aliphatic heterocycles. The van der Waals surface area contributed by atoms with Crippen LogP contribution in [-0.2, 0) is 16.1 Å². The van der Waals surface area contributed by atoms with Crippen molar-refractivity contribution >= 4 is 17.9 Å². The second-order valence-corrected chi connectivity index (χ2v) is 5.38. The first-order chi connectivity index (χ1) is 11.2. The van der Waals surface area contributed by atoms with Crippen molar-refractivity contribution in [2.75, 3.05) is 13.2 Å². The van der Waals surface area contributed by atoms with E-state index in [2.05, 4.69) is 0 Å². The molecule has 120 valence electrons. The van der Waals surface area contributed by atoms with Gasteiger partial charge in [-0.1, -0.05) is 17.7 Å². The van der Waals surface area contributed by atoms with Crippen LogP contribution < -0.4 is 4.74 Å². The minimum Gasteiger partial charge on any atom is -0.489 e. The van der Waals surface area contributed by atoms with E-state index in [4.69, 9.17) is 25.8 Å². The summed E-state index contributed by atoms with van der Waals surface area (Å²) < 4.78 is 30.2. The van der Waals surface area contributed by atoms with Crippen LogP contribution in [0.2, 0.25) is 5.02 Å². The number of aldehydes is 1. The van der Waals surface area contributed by atoms with E-state index in [1.54, 1.807) is 24.3 Å². The summed E-state index contributed by atoms with van der Waals surface area (Å²) in [7, 11) is 0. The topological polar surface area (TPSA) is 44.8 Å². The molecule has 0 spiro atoms. The minimum atomic E-state index is -0.587. The second-order valence-electron chi connectivity index (χ2n) is 4.97. The van der Waals surface area contributed by atoms with Gasteiger partial charge in [-0.3, -0.25) is 4.79 Å². The lowest BCUT2D eigenvalue weighted by Gasteiger charge is -2.14. The maximum atomic E-state index is 13.7. The molecule has 1 heterocycles. The van der Waals surface area contributed by atoms with Gasteiger partial charge >= 0.3 is 0 Å². The molecule has 0 atom stereocenters. The smallest absolute Gasteiger partial charge is 0.184 e. The van der Waals surface area contributed by atoms with Crippen molar-refractivity contribution in [2.24, 2.45) is 0 Å². The summed E-state index contributed by atoms with van der Waals surface area (Å²) in [6, 6.07) is 9.38. The standard InChI is InChI=1S/C17H14ClFO4/c18-15-2-1-3-16(19)14(15)10-23-12-5-4-11(9-20)13(8-12)17-21-6-7-22-17/h1-5,8-9,17H,6-7,10H2. The van der Waals surface area contributed by atoms with Crippen molar-refractivity contribution in [3.63, 3.8) is 0 Å². The lowest BCUT2D eigenvalue weighted by molar-refractivity contribution is -0.0445. The highest BCUT2D eigenvalue weighted by atomic mass is 35.5. The predicted molar refractivity (Wildman–Crippen MR) is 82.2 cm³/mol. The Hall–Kier alpha value is -1.95. The summed E-state index contributed by atoms with van der Waals surface area (Å²) in [5.74, 6) is 0.0497. The Morgan fingerprint density at radius 1 is 1.26 bits per heavy atom. The molecule has 3 rings (SSSR count). The van der Waals surface area contributed by atoms with Gasteiger partial charge in [0.05, 0.1) is 18.2 Å². The zero-order valence-electron chi connectivity index (χ0n) is 12.1. The maximum Gasteiger partial charge on any atom is 0.184 e. The van der Waals surface area contributed by atoms with Crippen LogP contribution in [0.4, 0.5) is 4.39 Å². The van der Waals surface area contributed by atoms with E-state index in [-0.39, 0.29) is 12.2 Å². The molecule has 1 saturated heterocycles. The fourth-order valence-electron chi connectivity index (χ4n) is 2.32. The van der Waals surface area contributed by atoms with Gasteiger partial charge in [0, 0.05) is 16.7 Å². The average Bonchev–Trinajstić information content (AvgIpc) is 3.08. The van der Waals surface area contributed by atoms with Gasteiger partial charge in [0.1, 0.15) is 18.2 Å². The Bertz CT molecular complexity index is 693. The number of hydrogen-bond acceptors (Lipinski definition) is 4. The van der Waals surface area contributed by atoms with Crippen molar-refractivity contribution in [3.05, 3.63) is 63.9 Å². The van der Waals surface area contributed by atoms with Gasteiger partial charge in [-0.2, -0.15) is 0 Å². The molecular formula is C17H14ClFO4. The molecule has 0 unspecified atom stereocenters. The Kier molecular flexibility index (Phi) is 4.91. The summed E-state index contributed by atoms with van der Waals surface area (Å²) >= 11 is 5.97. The first kappa shape index (κ1) is 15.9. The third kappa shape index (κ3) is 3.52. The lowest BCUT2D eigenvalue weighted by Crippen LogP contribution is -2.05.